The minimum atomic E-state index is -0.118. The Hall–Kier alpha value is -2.90. The number of hydrogen-bond acceptors (Lipinski definition) is 4. The fourth-order valence-electron chi connectivity index (χ4n) is 3.59. The first-order valence-corrected chi connectivity index (χ1v) is 9.99. The second-order valence-electron chi connectivity index (χ2n) is 7.38. The fourth-order valence-corrected chi connectivity index (χ4v) is 3.59. The number of carbonyl (C=O) groups is 1. The van der Waals surface area contributed by atoms with E-state index in [2.05, 4.69) is 10.2 Å². The summed E-state index contributed by atoms with van der Waals surface area (Å²) in [6.07, 6.45) is 1.98. The number of aryl methyl sites for hydroxylation is 2. The molecule has 0 bridgehead atoms. The van der Waals surface area contributed by atoms with Crippen LogP contribution in [-0.2, 0) is 11.8 Å². The highest BCUT2D eigenvalue weighted by atomic mass is 16.5. The minimum absolute atomic E-state index is 0.118. The first-order chi connectivity index (χ1) is 14.1. The Morgan fingerprint density at radius 3 is 2.72 bits per heavy atom. The highest BCUT2D eigenvalue weighted by Crippen LogP contribution is 2.22. The van der Waals surface area contributed by atoms with Gasteiger partial charge in [-0.05, 0) is 42.8 Å². The number of aromatic nitrogens is 3. The average Bonchev–Trinajstić information content (AvgIpc) is 3.35. The van der Waals surface area contributed by atoms with Crippen molar-refractivity contribution in [2.24, 2.45) is 7.05 Å². The van der Waals surface area contributed by atoms with Crippen LogP contribution in [-0.4, -0.2) is 64.5 Å². The molecule has 29 heavy (non-hydrogen) atoms. The van der Waals surface area contributed by atoms with Crippen molar-refractivity contribution in [3.05, 3.63) is 59.9 Å². The van der Waals surface area contributed by atoms with Gasteiger partial charge in [-0.3, -0.25) is 9.69 Å². The molecule has 0 spiro atoms. The fraction of sp³-hybridized carbons (Fsp3) is 0.364. The van der Waals surface area contributed by atoms with E-state index in [1.54, 1.807) is 4.68 Å². The summed E-state index contributed by atoms with van der Waals surface area (Å²) in [5.41, 5.74) is 4.28. The Labute approximate surface area is 170 Å². The number of morpholine rings is 1. The molecule has 2 aromatic heterocycles. The molecule has 1 aromatic carbocycles. The summed E-state index contributed by atoms with van der Waals surface area (Å²) < 4.78 is 9.11. The van der Waals surface area contributed by atoms with E-state index in [1.807, 2.05) is 67.2 Å². The highest BCUT2D eigenvalue weighted by molar-refractivity contribution is 5.94. The van der Waals surface area contributed by atoms with E-state index in [1.165, 1.54) is 0 Å². The van der Waals surface area contributed by atoms with Gasteiger partial charge in [-0.15, -0.1) is 0 Å². The van der Waals surface area contributed by atoms with Crippen LogP contribution < -0.4 is 5.32 Å². The van der Waals surface area contributed by atoms with Gasteiger partial charge in [-0.2, -0.15) is 5.10 Å². The molecular weight excluding hydrogens is 366 g/mol. The summed E-state index contributed by atoms with van der Waals surface area (Å²) in [6, 6.07) is 13.9. The van der Waals surface area contributed by atoms with Gasteiger partial charge in [0.1, 0.15) is 11.4 Å². The Morgan fingerprint density at radius 1 is 1.17 bits per heavy atom. The van der Waals surface area contributed by atoms with Gasteiger partial charge in [0, 0.05) is 39.4 Å². The molecule has 1 fully saturated rings. The summed E-state index contributed by atoms with van der Waals surface area (Å²) in [4.78, 5) is 15.3. The lowest BCUT2D eigenvalue weighted by atomic mass is 10.2. The molecule has 7 nitrogen and oxygen atoms in total. The Kier molecular flexibility index (Phi) is 5.78. The van der Waals surface area contributed by atoms with Gasteiger partial charge in [0.15, 0.2) is 0 Å². The van der Waals surface area contributed by atoms with Gasteiger partial charge in [0.2, 0.25) is 0 Å². The monoisotopic (exact) mass is 393 g/mol. The van der Waals surface area contributed by atoms with Crippen molar-refractivity contribution in [2.45, 2.75) is 6.92 Å². The van der Waals surface area contributed by atoms with Crippen LogP contribution in [0.4, 0.5) is 0 Å². The topological polar surface area (TPSA) is 64.3 Å². The molecule has 1 saturated heterocycles. The number of benzene rings is 1. The molecule has 152 valence electrons. The molecular formula is C22H27N5O2. The lowest BCUT2D eigenvalue weighted by Crippen LogP contribution is -2.41. The van der Waals surface area contributed by atoms with Crippen LogP contribution in [0.1, 0.15) is 16.1 Å². The van der Waals surface area contributed by atoms with Crippen LogP contribution in [0, 0.1) is 6.92 Å². The van der Waals surface area contributed by atoms with Crippen LogP contribution in [0.2, 0.25) is 0 Å². The third-order valence-corrected chi connectivity index (χ3v) is 5.21. The summed E-state index contributed by atoms with van der Waals surface area (Å²) in [5.74, 6) is -0.118. The molecule has 1 aliphatic heterocycles. The summed E-state index contributed by atoms with van der Waals surface area (Å²) >= 11 is 0. The first kappa shape index (κ1) is 19.4. The van der Waals surface area contributed by atoms with Gasteiger partial charge in [0.25, 0.3) is 5.91 Å². The maximum atomic E-state index is 13.0. The van der Waals surface area contributed by atoms with Gasteiger partial charge in [0.05, 0.1) is 24.6 Å². The first-order valence-electron chi connectivity index (χ1n) is 9.99. The van der Waals surface area contributed by atoms with E-state index in [0.29, 0.717) is 12.2 Å². The SMILES string of the molecule is Cc1cccc(-n2nc(-c3cccn3C)cc2C(=O)NCCN2CCOCC2)c1. The van der Waals surface area contributed by atoms with Crippen molar-refractivity contribution in [1.29, 1.82) is 0 Å². The molecule has 0 radical (unpaired) electrons. The average molecular weight is 393 g/mol. The Morgan fingerprint density at radius 2 is 2.00 bits per heavy atom. The lowest BCUT2D eigenvalue weighted by Gasteiger charge is -2.26. The van der Waals surface area contributed by atoms with E-state index >= 15 is 0 Å². The highest BCUT2D eigenvalue weighted by Gasteiger charge is 2.19. The van der Waals surface area contributed by atoms with Gasteiger partial charge < -0.3 is 14.6 Å². The molecule has 1 amide bonds. The second kappa shape index (κ2) is 8.63. The van der Waals surface area contributed by atoms with E-state index in [9.17, 15) is 4.79 Å². The third-order valence-electron chi connectivity index (χ3n) is 5.21. The summed E-state index contributed by atoms with van der Waals surface area (Å²) in [6.45, 7) is 6.79. The van der Waals surface area contributed by atoms with E-state index in [4.69, 9.17) is 9.84 Å². The molecule has 0 saturated carbocycles. The largest absolute Gasteiger partial charge is 0.379 e. The lowest BCUT2D eigenvalue weighted by molar-refractivity contribution is 0.0383. The summed E-state index contributed by atoms with van der Waals surface area (Å²) in [7, 11) is 1.98. The van der Waals surface area contributed by atoms with Crippen molar-refractivity contribution >= 4 is 5.91 Å². The zero-order valence-electron chi connectivity index (χ0n) is 17.0. The molecule has 3 aromatic rings. The van der Waals surface area contributed by atoms with E-state index in [-0.39, 0.29) is 5.91 Å². The van der Waals surface area contributed by atoms with Crippen LogP contribution in [0.15, 0.2) is 48.7 Å². The minimum Gasteiger partial charge on any atom is -0.379 e. The number of hydrogen-bond donors (Lipinski definition) is 1. The molecule has 1 N–H and O–H groups in total. The van der Waals surface area contributed by atoms with Crippen molar-refractivity contribution < 1.29 is 9.53 Å². The zero-order valence-corrected chi connectivity index (χ0v) is 17.0. The number of nitrogens with zero attached hydrogens (tertiary/aromatic N) is 4. The second-order valence-corrected chi connectivity index (χ2v) is 7.38. The zero-order chi connectivity index (χ0) is 20.2. The molecule has 7 heteroatoms. The molecule has 0 aliphatic carbocycles. The number of carbonyl (C=O) groups excluding carboxylic acids is 1. The van der Waals surface area contributed by atoms with Crippen molar-refractivity contribution in [3.63, 3.8) is 0 Å². The summed E-state index contributed by atoms with van der Waals surface area (Å²) in [5, 5.41) is 7.81. The Bertz CT molecular complexity index is 985. The van der Waals surface area contributed by atoms with E-state index < -0.39 is 0 Å². The number of ether oxygens (including phenoxy) is 1. The van der Waals surface area contributed by atoms with Crippen LogP contribution in [0.3, 0.4) is 0 Å². The molecule has 3 heterocycles. The third kappa shape index (κ3) is 4.41. The standard InChI is InChI=1S/C22H27N5O2/c1-17-5-3-6-18(15-17)27-21(16-19(24-27)20-7-4-9-25(20)2)22(28)23-8-10-26-11-13-29-14-12-26/h3-7,9,15-16H,8,10-14H2,1-2H3,(H,23,28). The van der Waals surface area contributed by atoms with Crippen LogP contribution in [0.25, 0.3) is 17.1 Å². The predicted octanol–water partition coefficient (Wildman–Crippen LogP) is 2.25. The van der Waals surface area contributed by atoms with Crippen molar-refractivity contribution in [3.8, 4) is 17.1 Å². The predicted molar refractivity (Wildman–Crippen MR) is 112 cm³/mol. The van der Waals surface area contributed by atoms with Gasteiger partial charge >= 0.3 is 0 Å². The van der Waals surface area contributed by atoms with Crippen LogP contribution in [0.5, 0.6) is 0 Å². The quantitative estimate of drug-likeness (QED) is 0.698. The molecule has 1 aliphatic rings. The van der Waals surface area contributed by atoms with Crippen molar-refractivity contribution in [1.82, 2.24) is 24.6 Å². The number of rotatable bonds is 6. The molecule has 0 unspecified atom stereocenters. The van der Waals surface area contributed by atoms with Gasteiger partial charge in [-0.25, -0.2) is 4.68 Å². The maximum Gasteiger partial charge on any atom is 0.270 e. The smallest absolute Gasteiger partial charge is 0.270 e. The van der Waals surface area contributed by atoms with E-state index in [0.717, 1.165) is 55.5 Å². The molecule has 4 rings (SSSR count). The Balaban J connectivity index is 1.57. The van der Waals surface area contributed by atoms with Gasteiger partial charge in [-0.1, -0.05) is 12.1 Å². The maximum absolute atomic E-state index is 13.0. The number of nitrogens with one attached hydrogen (secondary N) is 1. The molecule has 0 atom stereocenters. The van der Waals surface area contributed by atoms with Crippen LogP contribution >= 0.6 is 0 Å². The van der Waals surface area contributed by atoms with Crippen molar-refractivity contribution in [2.75, 3.05) is 39.4 Å². The normalized spacial score (nSPS) is 14.8. The number of amides is 1.